The topological polar surface area (TPSA) is 109 Å². The normalized spacial score (nSPS) is 12.7. The summed E-state index contributed by atoms with van der Waals surface area (Å²) in [7, 11) is 0. The largest absolute Gasteiger partial charge is 0.486 e. The van der Waals surface area contributed by atoms with Gasteiger partial charge in [0.2, 0.25) is 0 Å². The molecule has 9 heteroatoms. The maximum Gasteiger partial charge on any atom is 0.343 e. The van der Waals surface area contributed by atoms with E-state index in [9.17, 15) is 14.9 Å². The predicted octanol–water partition coefficient (Wildman–Crippen LogP) is 1.51. The van der Waals surface area contributed by atoms with Crippen molar-refractivity contribution >= 4 is 17.4 Å². The van der Waals surface area contributed by atoms with Crippen molar-refractivity contribution in [1.29, 1.82) is 0 Å². The number of hydrogen-bond acceptors (Lipinski definition) is 6. The Morgan fingerprint density at radius 1 is 1.39 bits per heavy atom. The second kappa shape index (κ2) is 5.95. The van der Waals surface area contributed by atoms with E-state index in [-0.39, 0.29) is 12.4 Å². The average molecular weight is 318 g/mol. The fourth-order valence-corrected chi connectivity index (χ4v) is 2.26. The first-order valence-electron chi connectivity index (χ1n) is 6.90. The molecule has 1 aromatic carbocycles. The molecular weight excluding hydrogens is 304 g/mol. The Bertz CT molecular complexity index is 771. The smallest absolute Gasteiger partial charge is 0.343 e. The van der Waals surface area contributed by atoms with Gasteiger partial charge in [0.25, 0.3) is 5.91 Å². The lowest BCUT2D eigenvalue weighted by Gasteiger charge is -2.18. The van der Waals surface area contributed by atoms with Crippen LogP contribution in [0.25, 0.3) is 0 Å². The molecule has 0 aliphatic carbocycles. The van der Waals surface area contributed by atoms with E-state index < -0.39 is 10.8 Å². The van der Waals surface area contributed by atoms with Crippen LogP contribution in [0.15, 0.2) is 24.4 Å². The van der Waals surface area contributed by atoms with Gasteiger partial charge in [-0.25, -0.2) is 9.55 Å². The van der Waals surface area contributed by atoms with E-state index in [1.54, 1.807) is 25.1 Å². The number of carbonyl (C=O) groups is 1. The van der Waals surface area contributed by atoms with Gasteiger partial charge in [-0.2, -0.15) is 0 Å². The fraction of sp³-hybridized carbons (Fsp3) is 0.286. The Morgan fingerprint density at radius 3 is 2.87 bits per heavy atom. The Hall–Kier alpha value is -3.10. The highest BCUT2D eigenvalue weighted by Crippen LogP contribution is 2.32. The number of aromatic nitrogens is 2. The van der Waals surface area contributed by atoms with Crippen molar-refractivity contribution in [3.8, 4) is 11.5 Å². The molecule has 1 N–H and O–H groups in total. The molecule has 2 aromatic rings. The van der Waals surface area contributed by atoms with Crippen LogP contribution in [0.3, 0.4) is 0 Å². The summed E-state index contributed by atoms with van der Waals surface area (Å²) in [4.78, 5) is 26.3. The van der Waals surface area contributed by atoms with Gasteiger partial charge in [-0.3, -0.25) is 4.79 Å². The van der Waals surface area contributed by atoms with Crippen LogP contribution < -0.4 is 14.8 Å². The molecule has 0 fully saturated rings. The minimum atomic E-state index is -0.572. The zero-order valence-electron chi connectivity index (χ0n) is 12.3. The van der Waals surface area contributed by atoms with Gasteiger partial charge < -0.3 is 24.9 Å². The van der Waals surface area contributed by atoms with Crippen LogP contribution >= 0.6 is 0 Å². The molecule has 1 aliphatic heterocycles. The second-order valence-corrected chi connectivity index (χ2v) is 4.91. The molecule has 120 valence electrons. The maximum atomic E-state index is 12.1. The second-order valence-electron chi connectivity index (χ2n) is 4.91. The summed E-state index contributed by atoms with van der Waals surface area (Å²) in [5, 5.41) is 13.6. The number of amides is 1. The highest BCUT2D eigenvalue weighted by atomic mass is 16.6. The summed E-state index contributed by atoms with van der Waals surface area (Å²) >= 11 is 0. The molecule has 0 radical (unpaired) electrons. The van der Waals surface area contributed by atoms with Gasteiger partial charge in [-0.15, -0.1) is 0 Å². The number of nitrogens with zero attached hydrogens (tertiary/aromatic N) is 3. The van der Waals surface area contributed by atoms with Crippen LogP contribution in [0.4, 0.5) is 11.5 Å². The summed E-state index contributed by atoms with van der Waals surface area (Å²) in [5.74, 6) is 0.953. The van der Waals surface area contributed by atoms with Crippen LogP contribution in [0.2, 0.25) is 0 Å². The number of benzene rings is 1. The van der Waals surface area contributed by atoms with Crippen LogP contribution in [0, 0.1) is 17.0 Å². The van der Waals surface area contributed by atoms with Crippen molar-refractivity contribution in [3.05, 3.63) is 40.3 Å². The van der Waals surface area contributed by atoms with Crippen molar-refractivity contribution in [3.63, 3.8) is 0 Å². The summed E-state index contributed by atoms with van der Waals surface area (Å²) in [6, 6.07) is 5.04. The molecule has 0 saturated carbocycles. The summed E-state index contributed by atoms with van der Waals surface area (Å²) in [6.07, 6.45) is 1.13. The van der Waals surface area contributed by atoms with Crippen LogP contribution in [0.5, 0.6) is 11.5 Å². The minimum Gasteiger partial charge on any atom is -0.486 e. The molecule has 1 aliphatic rings. The highest BCUT2D eigenvalue weighted by Gasteiger charge is 2.20. The van der Waals surface area contributed by atoms with Crippen molar-refractivity contribution in [2.75, 3.05) is 18.5 Å². The summed E-state index contributed by atoms with van der Waals surface area (Å²) in [5.41, 5.74) is 0.527. The molecule has 23 heavy (non-hydrogen) atoms. The number of anilines is 1. The number of fused-ring (bicyclic) bond motifs is 1. The lowest BCUT2D eigenvalue weighted by Crippen LogP contribution is -2.21. The zero-order chi connectivity index (χ0) is 16.4. The third-order valence-corrected chi connectivity index (χ3v) is 3.35. The van der Waals surface area contributed by atoms with Crippen LogP contribution in [-0.2, 0) is 11.3 Å². The Labute approximate surface area is 131 Å². The molecular formula is C14H14N4O5. The van der Waals surface area contributed by atoms with Crippen molar-refractivity contribution in [1.82, 2.24) is 9.55 Å². The SMILES string of the molecule is Cc1ncc([N+](=O)[O-])n1CC(=O)Nc1ccc2c(c1)OCCO2. The van der Waals surface area contributed by atoms with Gasteiger partial charge in [-0.05, 0) is 17.1 Å². The molecule has 9 nitrogen and oxygen atoms in total. The lowest BCUT2D eigenvalue weighted by molar-refractivity contribution is -0.392. The first kappa shape index (κ1) is 14.8. The molecule has 0 unspecified atom stereocenters. The Balaban J connectivity index is 1.73. The molecule has 0 bridgehead atoms. The quantitative estimate of drug-likeness (QED) is 0.676. The third kappa shape index (κ3) is 3.07. The maximum absolute atomic E-state index is 12.1. The van der Waals surface area contributed by atoms with E-state index in [0.717, 1.165) is 6.20 Å². The number of aryl methyl sites for hydroxylation is 1. The van der Waals surface area contributed by atoms with Gasteiger partial charge in [0, 0.05) is 18.7 Å². The van der Waals surface area contributed by atoms with Crippen LogP contribution in [-0.4, -0.2) is 33.6 Å². The van der Waals surface area contributed by atoms with E-state index in [1.807, 2.05) is 0 Å². The molecule has 0 saturated heterocycles. The van der Waals surface area contributed by atoms with E-state index in [2.05, 4.69) is 10.3 Å². The van der Waals surface area contributed by atoms with E-state index in [0.29, 0.717) is 36.2 Å². The van der Waals surface area contributed by atoms with Gasteiger partial charge >= 0.3 is 5.82 Å². The third-order valence-electron chi connectivity index (χ3n) is 3.35. The molecule has 0 spiro atoms. The molecule has 0 atom stereocenters. The van der Waals surface area contributed by atoms with Gasteiger partial charge in [0.05, 0.1) is 0 Å². The molecule has 2 heterocycles. The number of imidazole rings is 1. The zero-order valence-corrected chi connectivity index (χ0v) is 12.3. The number of nitrogens with one attached hydrogen (secondary N) is 1. The van der Waals surface area contributed by atoms with E-state index in [4.69, 9.17) is 9.47 Å². The predicted molar refractivity (Wildman–Crippen MR) is 79.7 cm³/mol. The van der Waals surface area contributed by atoms with E-state index in [1.165, 1.54) is 4.57 Å². The van der Waals surface area contributed by atoms with E-state index >= 15 is 0 Å². The number of ether oxygens (including phenoxy) is 2. The Kier molecular flexibility index (Phi) is 3.83. The van der Waals surface area contributed by atoms with Gasteiger partial charge in [0.15, 0.2) is 23.9 Å². The standard InChI is InChI=1S/C14H14N4O5/c1-9-15-7-14(18(20)21)17(9)8-13(19)16-10-2-3-11-12(6-10)23-5-4-22-11/h2-3,6-7H,4-5,8H2,1H3,(H,16,19). The van der Waals surface area contributed by atoms with Gasteiger partial charge in [-0.1, -0.05) is 0 Å². The number of rotatable bonds is 4. The number of carbonyl (C=O) groups excluding carboxylic acids is 1. The average Bonchev–Trinajstić information content (AvgIpc) is 2.88. The van der Waals surface area contributed by atoms with Crippen molar-refractivity contribution in [2.24, 2.45) is 0 Å². The fourth-order valence-electron chi connectivity index (χ4n) is 2.26. The summed E-state index contributed by atoms with van der Waals surface area (Å²) < 4.78 is 12.1. The first-order chi connectivity index (χ1) is 11.0. The first-order valence-corrected chi connectivity index (χ1v) is 6.90. The van der Waals surface area contributed by atoms with Crippen molar-refractivity contribution in [2.45, 2.75) is 13.5 Å². The monoisotopic (exact) mass is 318 g/mol. The number of nitro groups is 1. The van der Waals surface area contributed by atoms with Gasteiger partial charge in [0.1, 0.15) is 19.4 Å². The molecule has 1 aromatic heterocycles. The summed E-state index contributed by atoms with van der Waals surface area (Å²) in [6.45, 7) is 2.34. The highest BCUT2D eigenvalue weighted by molar-refractivity contribution is 5.91. The minimum absolute atomic E-state index is 0.198. The molecule has 1 amide bonds. The Morgan fingerprint density at radius 2 is 2.13 bits per heavy atom. The van der Waals surface area contributed by atoms with Crippen molar-refractivity contribution < 1.29 is 19.2 Å². The lowest BCUT2D eigenvalue weighted by atomic mass is 10.2. The number of hydrogen-bond donors (Lipinski definition) is 1. The van der Waals surface area contributed by atoms with Crippen LogP contribution in [0.1, 0.15) is 5.82 Å². The molecule has 3 rings (SSSR count).